The predicted octanol–water partition coefficient (Wildman–Crippen LogP) is 2.78. The van der Waals surface area contributed by atoms with Crippen LogP contribution in [0.15, 0.2) is 53.7 Å². The van der Waals surface area contributed by atoms with Crippen LogP contribution in [0, 0.1) is 0 Å². The van der Waals surface area contributed by atoms with Crippen molar-refractivity contribution in [3.05, 3.63) is 54.2 Å². The monoisotopic (exact) mass is 379 g/mol. The fourth-order valence-electron chi connectivity index (χ4n) is 4.03. The highest BCUT2D eigenvalue weighted by Crippen LogP contribution is 2.32. The topological polar surface area (TPSA) is 61.8 Å². The van der Waals surface area contributed by atoms with Gasteiger partial charge in [-0.1, -0.05) is 24.3 Å². The van der Waals surface area contributed by atoms with E-state index in [4.69, 9.17) is 4.74 Å². The molecule has 1 fully saturated rings. The SMILES string of the molecule is CN=C(NCC1CCOc2ccccc21)NC1CCN(c2ccccn2)CC1. The van der Waals surface area contributed by atoms with E-state index in [0.29, 0.717) is 12.0 Å². The van der Waals surface area contributed by atoms with Crippen LogP contribution < -0.4 is 20.3 Å². The summed E-state index contributed by atoms with van der Waals surface area (Å²) >= 11 is 0. The van der Waals surface area contributed by atoms with Gasteiger partial charge in [0, 0.05) is 44.8 Å². The number of aliphatic imine (C=N–C) groups is 1. The van der Waals surface area contributed by atoms with Gasteiger partial charge in [0.05, 0.1) is 6.61 Å². The van der Waals surface area contributed by atoms with Crippen LogP contribution in [0.4, 0.5) is 5.82 Å². The molecule has 0 spiro atoms. The summed E-state index contributed by atoms with van der Waals surface area (Å²) < 4.78 is 5.77. The third-order valence-corrected chi connectivity index (χ3v) is 5.63. The number of hydrogen-bond acceptors (Lipinski definition) is 4. The summed E-state index contributed by atoms with van der Waals surface area (Å²) in [5.41, 5.74) is 1.29. The summed E-state index contributed by atoms with van der Waals surface area (Å²) in [6.45, 7) is 3.67. The fourth-order valence-corrected chi connectivity index (χ4v) is 4.03. The fraction of sp³-hybridized carbons (Fsp3) is 0.455. The number of benzene rings is 1. The molecule has 3 heterocycles. The highest BCUT2D eigenvalue weighted by atomic mass is 16.5. The maximum atomic E-state index is 5.77. The largest absolute Gasteiger partial charge is 0.493 e. The Labute approximate surface area is 167 Å². The predicted molar refractivity (Wildman–Crippen MR) is 113 cm³/mol. The number of fused-ring (bicyclic) bond motifs is 1. The van der Waals surface area contributed by atoms with Crippen molar-refractivity contribution in [2.45, 2.75) is 31.2 Å². The molecule has 1 aromatic heterocycles. The average molecular weight is 380 g/mol. The van der Waals surface area contributed by atoms with Crippen molar-refractivity contribution in [1.82, 2.24) is 15.6 Å². The molecule has 2 N–H and O–H groups in total. The van der Waals surface area contributed by atoms with Gasteiger partial charge in [-0.25, -0.2) is 4.98 Å². The molecule has 6 nitrogen and oxygen atoms in total. The summed E-state index contributed by atoms with van der Waals surface area (Å²) in [5.74, 6) is 3.43. The van der Waals surface area contributed by atoms with Gasteiger partial charge in [0.25, 0.3) is 0 Å². The number of piperidine rings is 1. The van der Waals surface area contributed by atoms with E-state index in [0.717, 1.165) is 63.0 Å². The number of ether oxygens (including phenoxy) is 1. The molecule has 0 saturated carbocycles. The Morgan fingerprint density at radius 3 is 2.75 bits per heavy atom. The van der Waals surface area contributed by atoms with E-state index < -0.39 is 0 Å². The number of para-hydroxylation sites is 1. The second-order valence-corrected chi connectivity index (χ2v) is 7.42. The van der Waals surface area contributed by atoms with Gasteiger partial charge in [-0.2, -0.15) is 0 Å². The highest BCUT2D eigenvalue weighted by Gasteiger charge is 2.23. The third-order valence-electron chi connectivity index (χ3n) is 5.63. The molecule has 1 aromatic carbocycles. The zero-order valence-corrected chi connectivity index (χ0v) is 16.5. The minimum Gasteiger partial charge on any atom is -0.493 e. The first-order valence-electron chi connectivity index (χ1n) is 10.2. The van der Waals surface area contributed by atoms with Crippen LogP contribution >= 0.6 is 0 Å². The first-order valence-corrected chi connectivity index (χ1v) is 10.2. The van der Waals surface area contributed by atoms with Gasteiger partial charge in [-0.05, 0) is 43.0 Å². The quantitative estimate of drug-likeness (QED) is 0.632. The van der Waals surface area contributed by atoms with Crippen LogP contribution in [0.1, 0.15) is 30.7 Å². The molecule has 28 heavy (non-hydrogen) atoms. The number of hydrogen-bond donors (Lipinski definition) is 2. The van der Waals surface area contributed by atoms with Gasteiger partial charge in [0.15, 0.2) is 5.96 Å². The minimum atomic E-state index is 0.438. The molecule has 2 aliphatic rings. The van der Waals surface area contributed by atoms with Crippen LogP contribution in [0.2, 0.25) is 0 Å². The zero-order chi connectivity index (χ0) is 19.2. The number of anilines is 1. The van der Waals surface area contributed by atoms with Crippen molar-refractivity contribution in [1.29, 1.82) is 0 Å². The van der Waals surface area contributed by atoms with E-state index in [1.807, 2.05) is 31.4 Å². The summed E-state index contributed by atoms with van der Waals surface area (Å²) in [7, 11) is 1.84. The minimum absolute atomic E-state index is 0.438. The number of nitrogens with zero attached hydrogens (tertiary/aromatic N) is 3. The van der Waals surface area contributed by atoms with Crippen LogP contribution in [-0.4, -0.2) is 50.3 Å². The van der Waals surface area contributed by atoms with Gasteiger partial charge in [-0.15, -0.1) is 0 Å². The lowest BCUT2D eigenvalue weighted by atomic mass is 9.93. The van der Waals surface area contributed by atoms with Gasteiger partial charge in [0.1, 0.15) is 11.6 Å². The van der Waals surface area contributed by atoms with Crippen LogP contribution in [0.5, 0.6) is 5.75 Å². The van der Waals surface area contributed by atoms with Crippen molar-refractivity contribution < 1.29 is 4.74 Å². The van der Waals surface area contributed by atoms with E-state index in [1.165, 1.54) is 5.56 Å². The maximum Gasteiger partial charge on any atom is 0.191 e. The first kappa shape index (κ1) is 18.6. The molecule has 1 unspecified atom stereocenters. The molecular weight excluding hydrogens is 350 g/mol. The van der Waals surface area contributed by atoms with E-state index in [2.05, 4.69) is 49.8 Å². The molecule has 1 atom stereocenters. The van der Waals surface area contributed by atoms with Gasteiger partial charge in [0.2, 0.25) is 0 Å². The second kappa shape index (κ2) is 8.95. The van der Waals surface area contributed by atoms with Gasteiger partial charge >= 0.3 is 0 Å². The Morgan fingerprint density at radius 2 is 1.96 bits per heavy atom. The number of nitrogens with one attached hydrogen (secondary N) is 2. The lowest BCUT2D eigenvalue weighted by Gasteiger charge is -2.34. The van der Waals surface area contributed by atoms with Crippen molar-refractivity contribution >= 4 is 11.8 Å². The first-order chi connectivity index (χ1) is 13.8. The Morgan fingerprint density at radius 1 is 1.14 bits per heavy atom. The molecule has 0 bridgehead atoms. The van der Waals surface area contributed by atoms with E-state index in [9.17, 15) is 0 Å². The number of guanidine groups is 1. The zero-order valence-electron chi connectivity index (χ0n) is 16.5. The Balaban J connectivity index is 1.27. The van der Waals surface area contributed by atoms with E-state index in [-0.39, 0.29) is 0 Å². The van der Waals surface area contributed by atoms with Crippen molar-refractivity contribution in [2.24, 2.45) is 4.99 Å². The molecule has 4 rings (SSSR count). The lowest BCUT2D eigenvalue weighted by Crippen LogP contribution is -2.49. The number of rotatable bonds is 4. The normalized spacial score (nSPS) is 20.2. The van der Waals surface area contributed by atoms with E-state index >= 15 is 0 Å². The third kappa shape index (κ3) is 4.38. The molecule has 2 aliphatic heterocycles. The number of aromatic nitrogens is 1. The summed E-state index contributed by atoms with van der Waals surface area (Å²) in [6, 6.07) is 14.9. The molecule has 0 aliphatic carbocycles. The van der Waals surface area contributed by atoms with Gasteiger partial charge < -0.3 is 20.3 Å². The average Bonchev–Trinajstić information content (AvgIpc) is 2.77. The van der Waals surface area contributed by atoms with Gasteiger partial charge in [-0.3, -0.25) is 4.99 Å². The standard InChI is InChI=1S/C22H29N5O/c1-23-22(25-16-17-11-15-28-20-7-3-2-6-19(17)20)26-18-9-13-27(14-10-18)21-8-4-5-12-24-21/h2-8,12,17-18H,9-11,13-16H2,1H3,(H2,23,25,26). The molecule has 6 heteroatoms. The summed E-state index contributed by atoms with van der Waals surface area (Å²) in [4.78, 5) is 11.3. The van der Waals surface area contributed by atoms with Crippen LogP contribution in [0.3, 0.4) is 0 Å². The van der Waals surface area contributed by atoms with Crippen LogP contribution in [-0.2, 0) is 0 Å². The maximum absolute atomic E-state index is 5.77. The van der Waals surface area contributed by atoms with Crippen molar-refractivity contribution in [3.63, 3.8) is 0 Å². The van der Waals surface area contributed by atoms with Crippen LogP contribution in [0.25, 0.3) is 0 Å². The van der Waals surface area contributed by atoms with Crippen molar-refractivity contribution in [3.8, 4) is 5.75 Å². The molecule has 0 radical (unpaired) electrons. The molecule has 148 valence electrons. The lowest BCUT2D eigenvalue weighted by molar-refractivity contribution is 0.267. The summed E-state index contributed by atoms with van der Waals surface area (Å²) in [6.07, 6.45) is 5.05. The highest BCUT2D eigenvalue weighted by molar-refractivity contribution is 5.80. The second-order valence-electron chi connectivity index (χ2n) is 7.42. The Hall–Kier alpha value is -2.76. The number of pyridine rings is 1. The molecule has 2 aromatic rings. The summed E-state index contributed by atoms with van der Waals surface area (Å²) in [5, 5.41) is 7.13. The Kier molecular flexibility index (Phi) is 5.95. The van der Waals surface area contributed by atoms with E-state index in [1.54, 1.807) is 0 Å². The molecular formula is C22H29N5O. The van der Waals surface area contributed by atoms with Crippen molar-refractivity contribution in [2.75, 3.05) is 38.2 Å². The smallest absolute Gasteiger partial charge is 0.191 e. The molecule has 0 amide bonds. The Bertz CT molecular complexity index is 787. The molecule has 1 saturated heterocycles.